The number of aldehydes is 1. The van der Waals surface area contributed by atoms with Gasteiger partial charge in [0.2, 0.25) is 0 Å². The SMILES string of the molecule is C#C.C=Cc1c(-c2ccc3c(c2)C(CCC)CO3)c(CC=O)n(C)c(=O)c1C=C.CC(C)(C)O. The molecule has 3 rings (SSSR count). The van der Waals surface area contributed by atoms with E-state index in [4.69, 9.17) is 9.84 Å². The number of nitrogens with zero attached hydrogens (tertiary/aromatic N) is 1. The van der Waals surface area contributed by atoms with E-state index in [0.717, 1.165) is 41.6 Å². The van der Waals surface area contributed by atoms with Crippen LogP contribution in [0.25, 0.3) is 23.3 Å². The lowest BCUT2D eigenvalue weighted by Gasteiger charge is -2.19. The third kappa shape index (κ3) is 6.82. The van der Waals surface area contributed by atoms with Crippen molar-refractivity contribution in [1.82, 2.24) is 4.57 Å². The standard InChI is InChI=1S/C23H25NO3.C4H10O.C2H2/c1-5-8-16-14-27-21-10-9-15(13-19(16)21)22-17(6-2)18(7-3)23(26)24(4)20(22)11-12-25;1-4(2,3)5;1-2/h6-7,9-10,12-13,16H,2-3,5,8,11,14H2,1,4H3;5H,1-3H3;1-2H. The number of hydrogen-bond donors (Lipinski definition) is 1. The number of benzene rings is 1. The molecule has 0 bridgehead atoms. The largest absolute Gasteiger partial charge is 0.493 e. The fraction of sp³-hybridized carbons (Fsp3) is 0.379. The average molecular weight is 464 g/mol. The number of aliphatic hydroxyl groups is 1. The highest BCUT2D eigenvalue weighted by Gasteiger charge is 2.25. The van der Waals surface area contributed by atoms with Gasteiger partial charge in [0.1, 0.15) is 12.0 Å². The maximum absolute atomic E-state index is 12.7. The van der Waals surface area contributed by atoms with Crippen LogP contribution in [0.15, 0.2) is 36.2 Å². The van der Waals surface area contributed by atoms with Crippen LogP contribution in [0.2, 0.25) is 0 Å². The highest BCUT2D eigenvalue weighted by atomic mass is 16.5. The minimum absolute atomic E-state index is 0.158. The van der Waals surface area contributed by atoms with Crippen LogP contribution in [-0.4, -0.2) is 28.2 Å². The van der Waals surface area contributed by atoms with Gasteiger partial charge in [-0.1, -0.05) is 44.7 Å². The molecule has 5 heteroatoms. The number of terminal acetylenes is 1. The van der Waals surface area contributed by atoms with E-state index in [0.29, 0.717) is 23.8 Å². The lowest BCUT2D eigenvalue weighted by atomic mass is 9.89. The Balaban J connectivity index is 0.000000733. The van der Waals surface area contributed by atoms with Crippen molar-refractivity contribution in [2.45, 2.75) is 58.5 Å². The molecule has 1 N–H and O–H groups in total. The number of rotatable bonds is 7. The maximum atomic E-state index is 12.7. The molecular formula is C29H37NO4. The third-order valence-corrected chi connectivity index (χ3v) is 5.29. The summed E-state index contributed by atoms with van der Waals surface area (Å²) >= 11 is 0. The Hall–Kier alpha value is -3.36. The van der Waals surface area contributed by atoms with E-state index in [1.165, 1.54) is 5.56 Å². The summed E-state index contributed by atoms with van der Waals surface area (Å²) in [6.07, 6.45) is 14.4. The van der Waals surface area contributed by atoms with Crippen LogP contribution < -0.4 is 10.3 Å². The highest BCUT2D eigenvalue weighted by Crippen LogP contribution is 2.40. The molecule has 0 saturated heterocycles. The van der Waals surface area contributed by atoms with E-state index in [1.807, 2.05) is 12.1 Å². The first-order valence-electron chi connectivity index (χ1n) is 11.3. The maximum Gasteiger partial charge on any atom is 0.258 e. The van der Waals surface area contributed by atoms with Gasteiger partial charge in [-0.15, -0.1) is 12.8 Å². The van der Waals surface area contributed by atoms with Crippen molar-refractivity contribution in [1.29, 1.82) is 0 Å². The summed E-state index contributed by atoms with van der Waals surface area (Å²) in [7, 11) is 1.70. The third-order valence-electron chi connectivity index (χ3n) is 5.29. The molecule has 0 aliphatic carbocycles. The van der Waals surface area contributed by atoms with Gasteiger partial charge in [-0.05, 0) is 50.5 Å². The van der Waals surface area contributed by atoms with Crippen LogP contribution in [0, 0.1) is 12.8 Å². The molecule has 0 spiro atoms. The van der Waals surface area contributed by atoms with Gasteiger partial charge in [0.25, 0.3) is 5.56 Å². The summed E-state index contributed by atoms with van der Waals surface area (Å²) in [6, 6.07) is 6.11. The van der Waals surface area contributed by atoms with Crippen molar-refractivity contribution < 1.29 is 14.6 Å². The highest BCUT2D eigenvalue weighted by molar-refractivity contribution is 5.83. The monoisotopic (exact) mass is 463 g/mol. The van der Waals surface area contributed by atoms with Crippen LogP contribution in [0.5, 0.6) is 5.75 Å². The Morgan fingerprint density at radius 3 is 2.29 bits per heavy atom. The Morgan fingerprint density at radius 1 is 1.21 bits per heavy atom. The predicted molar refractivity (Wildman–Crippen MR) is 142 cm³/mol. The first kappa shape index (κ1) is 28.7. The number of hydrogen-bond acceptors (Lipinski definition) is 4. The Bertz CT molecular complexity index is 1090. The van der Waals surface area contributed by atoms with Gasteiger partial charge in [0.15, 0.2) is 0 Å². The summed E-state index contributed by atoms with van der Waals surface area (Å²) in [5.74, 6) is 1.29. The topological polar surface area (TPSA) is 68.5 Å². The number of carbonyl (C=O) groups excluding carboxylic acids is 1. The van der Waals surface area contributed by atoms with Gasteiger partial charge < -0.3 is 19.2 Å². The molecule has 1 aliphatic rings. The summed E-state index contributed by atoms with van der Waals surface area (Å²) in [4.78, 5) is 24.0. The number of fused-ring (bicyclic) bond motifs is 1. The van der Waals surface area contributed by atoms with Crippen molar-refractivity contribution >= 4 is 18.4 Å². The van der Waals surface area contributed by atoms with Crippen molar-refractivity contribution in [3.8, 4) is 29.7 Å². The second-order valence-corrected chi connectivity index (χ2v) is 9.01. The Labute approximate surface area is 203 Å². The fourth-order valence-electron chi connectivity index (χ4n) is 3.95. The molecule has 0 amide bonds. The second kappa shape index (κ2) is 12.8. The van der Waals surface area contributed by atoms with Crippen molar-refractivity contribution in [3.63, 3.8) is 0 Å². The Morgan fingerprint density at radius 2 is 1.79 bits per heavy atom. The van der Waals surface area contributed by atoms with Crippen molar-refractivity contribution in [3.05, 3.63) is 64.1 Å². The first-order valence-corrected chi connectivity index (χ1v) is 11.3. The van der Waals surface area contributed by atoms with Crippen LogP contribution in [0.1, 0.15) is 68.8 Å². The molecule has 0 fully saturated rings. The molecule has 0 saturated carbocycles. The molecular weight excluding hydrogens is 426 g/mol. The van der Waals surface area contributed by atoms with Gasteiger partial charge >= 0.3 is 0 Å². The quantitative estimate of drug-likeness (QED) is 0.442. The van der Waals surface area contributed by atoms with Gasteiger partial charge in [-0.3, -0.25) is 4.79 Å². The molecule has 34 heavy (non-hydrogen) atoms. The van der Waals surface area contributed by atoms with E-state index >= 15 is 0 Å². The molecule has 5 nitrogen and oxygen atoms in total. The van der Waals surface area contributed by atoms with Gasteiger partial charge in [-0.25, -0.2) is 0 Å². The average Bonchev–Trinajstić information content (AvgIpc) is 3.19. The second-order valence-electron chi connectivity index (χ2n) is 9.01. The normalized spacial score (nSPS) is 13.8. The molecule has 1 aliphatic heterocycles. The molecule has 182 valence electrons. The lowest BCUT2D eigenvalue weighted by Crippen LogP contribution is -2.25. The zero-order chi connectivity index (χ0) is 26.1. The Kier molecular flexibility index (Phi) is 10.8. The number of aromatic nitrogens is 1. The zero-order valence-corrected chi connectivity index (χ0v) is 21.1. The molecule has 1 aromatic carbocycles. The molecule has 2 heterocycles. The minimum Gasteiger partial charge on any atom is -0.493 e. The lowest BCUT2D eigenvalue weighted by molar-refractivity contribution is -0.107. The minimum atomic E-state index is -0.500. The number of pyridine rings is 1. The number of carbonyl (C=O) groups is 1. The smallest absolute Gasteiger partial charge is 0.258 e. The molecule has 0 radical (unpaired) electrons. The zero-order valence-electron chi connectivity index (χ0n) is 21.1. The van der Waals surface area contributed by atoms with Crippen LogP contribution in [-0.2, 0) is 18.3 Å². The van der Waals surface area contributed by atoms with E-state index in [-0.39, 0.29) is 12.0 Å². The summed E-state index contributed by atoms with van der Waals surface area (Å²) in [5.41, 5.74) is 4.24. The first-order chi connectivity index (χ1) is 16.1. The van der Waals surface area contributed by atoms with E-state index in [9.17, 15) is 9.59 Å². The van der Waals surface area contributed by atoms with E-state index < -0.39 is 5.60 Å². The van der Waals surface area contributed by atoms with Crippen molar-refractivity contribution in [2.24, 2.45) is 7.05 Å². The summed E-state index contributed by atoms with van der Waals surface area (Å²) in [5, 5.41) is 8.52. The fourth-order valence-corrected chi connectivity index (χ4v) is 3.95. The summed E-state index contributed by atoms with van der Waals surface area (Å²) < 4.78 is 7.37. The molecule has 1 atom stereocenters. The predicted octanol–water partition coefficient (Wildman–Crippen LogP) is 5.38. The molecule has 1 unspecified atom stereocenters. The van der Waals surface area contributed by atoms with E-state index in [1.54, 1.807) is 44.5 Å². The van der Waals surface area contributed by atoms with Gasteiger partial charge in [0.05, 0.1) is 12.2 Å². The van der Waals surface area contributed by atoms with Crippen LogP contribution in [0.4, 0.5) is 0 Å². The van der Waals surface area contributed by atoms with Crippen LogP contribution in [0.3, 0.4) is 0 Å². The van der Waals surface area contributed by atoms with Crippen molar-refractivity contribution in [2.75, 3.05) is 6.61 Å². The number of ether oxygens (including phenoxy) is 1. The van der Waals surface area contributed by atoms with E-state index in [2.05, 4.69) is 39.0 Å². The summed E-state index contributed by atoms with van der Waals surface area (Å²) in [6.45, 7) is 15.8. The van der Waals surface area contributed by atoms with Crippen LogP contribution >= 0.6 is 0 Å². The molecule has 2 aromatic rings. The van der Waals surface area contributed by atoms with Gasteiger partial charge in [0, 0.05) is 41.8 Å². The van der Waals surface area contributed by atoms with Gasteiger partial charge in [-0.2, -0.15) is 0 Å². The molecule has 1 aromatic heterocycles.